The fourth-order valence-corrected chi connectivity index (χ4v) is 17.2. The molecule has 0 aliphatic carbocycles. The first-order chi connectivity index (χ1) is 46.8. The Hall–Kier alpha value is -9.72. The Morgan fingerprint density at radius 3 is 1.07 bits per heavy atom. The topological polar surface area (TPSA) is 129 Å². The Bertz CT molecular complexity index is 4570. The lowest BCUT2D eigenvalue weighted by atomic mass is 9.62. The summed E-state index contributed by atoms with van der Waals surface area (Å²) in [5.41, 5.74) is 9.65. The second-order valence-corrected chi connectivity index (χ2v) is 26.5. The van der Waals surface area contributed by atoms with Gasteiger partial charge in [-0.3, -0.25) is 4.52 Å². The minimum atomic E-state index is -2.12. The lowest BCUT2D eigenvalue weighted by molar-refractivity contribution is -0.321. The fraction of sp³-hybridized carbons (Fsp3) is 0.165. The SMILES string of the molecule is C[C@@H]1COC(c2ccccc2)O[C@H]1[C@@H]1OC(c2ccccc2)OC[C@H]1OP1Oc2cccc3c2C2(c4ccccc4O3)c3ccccc3Oc3cccc(c32)O1.Cc1cccc(C)c1OP1Oc2cccc3c2C2(c4ccccc4O3)c3ccccc3Oc3cccc(c32)O1. The van der Waals surface area contributed by atoms with Gasteiger partial charge in [0.05, 0.1) is 52.4 Å². The van der Waals surface area contributed by atoms with Crippen LogP contribution in [0.5, 0.6) is 74.7 Å². The molecule has 8 aliphatic rings. The Balaban J connectivity index is 0.000000148. The van der Waals surface area contributed by atoms with Crippen LogP contribution in [0, 0.1) is 19.8 Å². The van der Waals surface area contributed by atoms with Crippen molar-refractivity contribution < 1.29 is 65.0 Å². The van der Waals surface area contributed by atoms with Crippen LogP contribution in [0.15, 0.2) is 249 Å². The molecule has 14 nitrogen and oxygen atoms in total. The summed E-state index contributed by atoms with van der Waals surface area (Å²) >= 11 is 0. The summed E-state index contributed by atoms with van der Waals surface area (Å²) < 4.78 is 93.4. The van der Waals surface area contributed by atoms with Crippen LogP contribution in [0.1, 0.15) is 86.3 Å². The molecule has 470 valence electrons. The van der Waals surface area contributed by atoms with Crippen LogP contribution >= 0.6 is 17.2 Å². The van der Waals surface area contributed by atoms with Crippen molar-refractivity contribution in [3.63, 3.8) is 0 Å². The highest BCUT2D eigenvalue weighted by molar-refractivity contribution is 7.43. The van der Waals surface area contributed by atoms with Crippen molar-refractivity contribution >= 4 is 17.2 Å². The molecule has 16 heteroatoms. The van der Waals surface area contributed by atoms with Gasteiger partial charge < -0.3 is 60.5 Å². The van der Waals surface area contributed by atoms with Crippen LogP contribution in [-0.2, 0) is 34.3 Å². The van der Waals surface area contributed by atoms with Crippen molar-refractivity contribution in [2.75, 3.05) is 13.2 Å². The third-order valence-electron chi connectivity index (χ3n) is 18.9. The molecule has 0 saturated carbocycles. The molecule has 0 N–H and O–H groups in total. The van der Waals surface area contributed by atoms with Gasteiger partial charge in [0, 0.05) is 39.3 Å². The molecule has 6 atom stereocenters. The second-order valence-electron chi connectivity index (χ2n) is 24.5. The third kappa shape index (κ3) is 9.41. The monoisotopic (exact) mass is 1290 g/mol. The number of hydrogen-bond donors (Lipinski definition) is 0. The smallest absolute Gasteiger partial charge is 0.457 e. The summed E-state index contributed by atoms with van der Waals surface area (Å²) in [6.45, 7) is 6.84. The number of benzene rings is 11. The first-order valence-electron chi connectivity index (χ1n) is 31.8. The van der Waals surface area contributed by atoms with Crippen LogP contribution < -0.4 is 41.6 Å². The Kier molecular flexibility index (Phi) is 14.2. The van der Waals surface area contributed by atoms with E-state index in [2.05, 4.69) is 31.2 Å². The minimum absolute atomic E-state index is 0.0233. The Morgan fingerprint density at radius 1 is 0.337 bits per heavy atom. The number of fused-ring (bicyclic) bond motifs is 4. The summed E-state index contributed by atoms with van der Waals surface area (Å²) in [6, 6.07) is 82.2. The predicted octanol–water partition coefficient (Wildman–Crippen LogP) is 19.5. The van der Waals surface area contributed by atoms with Gasteiger partial charge in [-0.25, -0.2) is 0 Å². The molecule has 2 fully saturated rings. The van der Waals surface area contributed by atoms with E-state index >= 15 is 0 Å². The summed E-state index contributed by atoms with van der Waals surface area (Å²) in [4.78, 5) is 0. The van der Waals surface area contributed by atoms with E-state index in [0.29, 0.717) is 41.1 Å². The average molecular weight is 1300 g/mol. The quantitative estimate of drug-likeness (QED) is 0.140. The van der Waals surface area contributed by atoms with Gasteiger partial charge in [-0.2, -0.15) is 0 Å². The Labute approximate surface area is 551 Å². The molecule has 0 bridgehead atoms. The van der Waals surface area contributed by atoms with Crippen LogP contribution in [0.25, 0.3) is 0 Å². The molecule has 0 radical (unpaired) electrons. The zero-order valence-electron chi connectivity index (χ0n) is 51.7. The second kappa shape index (κ2) is 23.3. The normalized spacial score (nSPS) is 21.9. The van der Waals surface area contributed by atoms with Crippen molar-refractivity contribution in [2.24, 2.45) is 5.92 Å². The van der Waals surface area contributed by atoms with Gasteiger partial charge in [0.1, 0.15) is 87.0 Å². The van der Waals surface area contributed by atoms with Crippen LogP contribution in [0.2, 0.25) is 0 Å². The van der Waals surface area contributed by atoms with E-state index in [-0.39, 0.29) is 12.5 Å². The van der Waals surface area contributed by atoms with Crippen LogP contribution in [0.4, 0.5) is 0 Å². The third-order valence-corrected chi connectivity index (χ3v) is 21.0. The lowest BCUT2D eigenvalue weighted by Crippen LogP contribution is -2.54. The molecule has 0 aromatic heterocycles. The number of aryl methyl sites for hydroxylation is 2. The zero-order valence-corrected chi connectivity index (χ0v) is 53.4. The maximum atomic E-state index is 6.98. The minimum Gasteiger partial charge on any atom is -0.457 e. The van der Waals surface area contributed by atoms with Gasteiger partial charge in [0.2, 0.25) is 0 Å². The maximum Gasteiger partial charge on any atom is 0.530 e. The van der Waals surface area contributed by atoms with E-state index in [4.69, 9.17) is 65.0 Å². The number of rotatable bonds is 7. The molecule has 11 aromatic carbocycles. The van der Waals surface area contributed by atoms with Crippen molar-refractivity contribution in [1.29, 1.82) is 0 Å². The molecular formula is C79H60O14P2. The summed E-state index contributed by atoms with van der Waals surface area (Å²) in [5.74, 6) is 9.09. The first kappa shape index (κ1) is 57.9. The van der Waals surface area contributed by atoms with E-state index in [0.717, 1.165) is 107 Å². The van der Waals surface area contributed by atoms with E-state index in [1.807, 2.05) is 238 Å². The lowest BCUT2D eigenvalue weighted by Gasteiger charge is -2.47. The molecule has 8 aliphatic heterocycles. The van der Waals surface area contributed by atoms with Gasteiger partial charge in [0.15, 0.2) is 12.6 Å². The van der Waals surface area contributed by atoms with Gasteiger partial charge in [-0.05, 0) is 97.8 Å². The van der Waals surface area contributed by atoms with Crippen LogP contribution in [-0.4, -0.2) is 31.5 Å². The first-order valence-corrected chi connectivity index (χ1v) is 34.0. The standard InChI is InChI=1S/C46H37O9P.C33H23O5P/c1-28-26-47-44(29-14-4-2-5-15-29)51-42(28)43-39(27-48-45(52-43)30-16-6-3-7-17-30)55-56-53-37-24-12-22-35-40(37)46(31-18-8-10-20-33(31)49-35)32-19-9-11-21-34(32)50-36-23-13-25-38(54-56)41(36)46;1-20-10-7-11-21(2)32(20)38-39-36-28-18-8-16-26-30(28)33(22-12-3-5-14-24(22)34-26)23-13-4-6-15-25(23)35-27-17-9-19-29(37-39)31(27)33/h2-25,28,39,42-45H,26-27H2,1H3;3-19H,1-2H3/t28-,39-,42-,43-,44?,45?,46?;/m1./s1. The van der Waals surface area contributed by atoms with E-state index in [1.54, 1.807) is 0 Å². The van der Waals surface area contributed by atoms with Crippen molar-refractivity contribution in [3.8, 4) is 74.7 Å². The molecule has 8 heterocycles. The van der Waals surface area contributed by atoms with E-state index in [9.17, 15) is 0 Å². The summed E-state index contributed by atoms with van der Waals surface area (Å²) in [6.07, 6.45) is -2.81. The summed E-state index contributed by atoms with van der Waals surface area (Å²) in [7, 11) is -3.99. The van der Waals surface area contributed by atoms with Gasteiger partial charge >= 0.3 is 17.2 Å². The van der Waals surface area contributed by atoms with Crippen molar-refractivity contribution in [1.82, 2.24) is 0 Å². The van der Waals surface area contributed by atoms with E-state index < -0.39 is 58.9 Å². The maximum absolute atomic E-state index is 6.98. The van der Waals surface area contributed by atoms with Crippen LogP contribution in [0.3, 0.4) is 0 Å². The van der Waals surface area contributed by atoms with Crippen molar-refractivity contribution in [3.05, 3.63) is 315 Å². The Morgan fingerprint density at radius 2 is 0.663 bits per heavy atom. The van der Waals surface area contributed by atoms with Gasteiger partial charge in [-0.15, -0.1) is 0 Å². The number of para-hydroxylation sites is 5. The van der Waals surface area contributed by atoms with Crippen molar-refractivity contribution in [2.45, 2.75) is 62.5 Å². The predicted molar refractivity (Wildman–Crippen MR) is 357 cm³/mol. The average Bonchev–Trinajstić information content (AvgIpc) is 0.687. The van der Waals surface area contributed by atoms with Gasteiger partial charge in [-0.1, -0.05) is 183 Å². The van der Waals surface area contributed by atoms with Gasteiger partial charge in [0.25, 0.3) is 0 Å². The van der Waals surface area contributed by atoms with E-state index in [1.165, 1.54) is 0 Å². The molecular weight excluding hydrogens is 1230 g/mol. The molecule has 2 saturated heterocycles. The zero-order chi connectivity index (χ0) is 63.4. The molecule has 11 aromatic rings. The summed E-state index contributed by atoms with van der Waals surface area (Å²) in [5, 5.41) is 0. The molecule has 95 heavy (non-hydrogen) atoms. The number of ether oxygens (including phenoxy) is 8. The highest BCUT2D eigenvalue weighted by Crippen LogP contribution is 2.70. The largest absolute Gasteiger partial charge is 0.530 e. The highest BCUT2D eigenvalue weighted by atomic mass is 31.2. The highest BCUT2D eigenvalue weighted by Gasteiger charge is 2.58. The molecule has 2 unspecified atom stereocenters. The molecule has 0 amide bonds. The molecule has 2 spiro atoms. The fourth-order valence-electron chi connectivity index (χ4n) is 14.8. The molecule has 19 rings (SSSR count). The number of hydrogen-bond acceptors (Lipinski definition) is 14.